The van der Waals surface area contributed by atoms with Crippen molar-refractivity contribution in [2.45, 2.75) is 19.3 Å². The van der Waals surface area contributed by atoms with E-state index in [1.54, 1.807) is 19.0 Å². The van der Waals surface area contributed by atoms with Gasteiger partial charge in [-0.2, -0.15) is 5.26 Å². The van der Waals surface area contributed by atoms with Crippen molar-refractivity contribution >= 4 is 5.91 Å². The first-order chi connectivity index (χ1) is 7.15. The van der Waals surface area contributed by atoms with Crippen molar-refractivity contribution in [1.29, 1.82) is 5.26 Å². The molecule has 0 spiro atoms. The summed E-state index contributed by atoms with van der Waals surface area (Å²) >= 11 is 0. The number of carbonyl (C=O) groups is 1. The van der Waals surface area contributed by atoms with Crippen LogP contribution in [-0.2, 0) is 4.79 Å². The van der Waals surface area contributed by atoms with Crippen LogP contribution in [0.5, 0.6) is 0 Å². The summed E-state index contributed by atoms with van der Waals surface area (Å²) in [6.07, 6.45) is 2.61. The largest absolute Gasteiger partial charge is 0.349 e. The Morgan fingerprint density at radius 1 is 1.60 bits per heavy atom. The zero-order valence-electron chi connectivity index (χ0n) is 9.57. The molecule has 15 heavy (non-hydrogen) atoms. The maximum atomic E-state index is 11.8. The molecule has 1 rings (SSSR count). The number of rotatable bonds is 3. The minimum absolute atomic E-state index is 0.132. The van der Waals surface area contributed by atoms with Crippen LogP contribution >= 0.6 is 0 Å². The van der Waals surface area contributed by atoms with Gasteiger partial charge in [-0.15, -0.1) is 0 Å². The fraction of sp³-hybridized carbons (Fsp3) is 0.818. The standard InChI is InChI=1S/C11H19N3O/c1-13(2)11(15)10-5-3-7-14(9-10)8-4-6-12/h10H,3-5,7-9H2,1-2H3. The van der Waals surface area contributed by atoms with Crippen LogP contribution in [0, 0.1) is 17.2 Å². The molecule has 0 N–H and O–H groups in total. The number of carbonyl (C=O) groups excluding carboxylic acids is 1. The number of likely N-dealkylation sites (tertiary alicyclic amines) is 1. The van der Waals surface area contributed by atoms with E-state index < -0.39 is 0 Å². The summed E-state index contributed by atoms with van der Waals surface area (Å²) in [5.74, 6) is 0.351. The molecule has 1 heterocycles. The van der Waals surface area contributed by atoms with Gasteiger partial charge in [-0.05, 0) is 19.4 Å². The van der Waals surface area contributed by atoms with E-state index in [9.17, 15) is 4.79 Å². The summed E-state index contributed by atoms with van der Waals surface area (Å²) in [6, 6.07) is 2.14. The summed E-state index contributed by atoms with van der Waals surface area (Å²) in [6.45, 7) is 2.64. The molecule has 1 saturated heterocycles. The molecule has 0 aliphatic carbocycles. The van der Waals surface area contributed by atoms with E-state index in [2.05, 4.69) is 11.0 Å². The maximum Gasteiger partial charge on any atom is 0.226 e. The Labute approximate surface area is 91.5 Å². The molecular formula is C11H19N3O. The lowest BCUT2D eigenvalue weighted by atomic mass is 9.96. The molecule has 4 nitrogen and oxygen atoms in total. The Hall–Kier alpha value is -1.08. The number of nitrogens with zero attached hydrogens (tertiary/aromatic N) is 3. The summed E-state index contributed by atoms with van der Waals surface area (Å²) in [7, 11) is 3.60. The lowest BCUT2D eigenvalue weighted by molar-refractivity contribution is -0.134. The van der Waals surface area contributed by atoms with Crippen LogP contribution in [0.25, 0.3) is 0 Å². The molecule has 0 radical (unpaired) electrons. The Kier molecular flexibility index (Phi) is 4.57. The average molecular weight is 209 g/mol. The lowest BCUT2D eigenvalue weighted by Crippen LogP contribution is -2.42. The van der Waals surface area contributed by atoms with E-state index in [1.807, 2.05) is 0 Å². The van der Waals surface area contributed by atoms with Crippen molar-refractivity contribution in [1.82, 2.24) is 9.80 Å². The highest BCUT2D eigenvalue weighted by Crippen LogP contribution is 2.17. The van der Waals surface area contributed by atoms with E-state index in [4.69, 9.17) is 5.26 Å². The van der Waals surface area contributed by atoms with E-state index in [1.165, 1.54) is 0 Å². The minimum Gasteiger partial charge on any atom is -0.349 e. The van der Waals surface area contributed by atoms with Gasteiger partial charge in [0.05, 0.1) is 12.0 Å². The van der Waals surface area contributed by atoms with Gasteiger partial charge in [-0.3, -0.25) is 4.79 Å². The number of amides is 1. The van der Waals surface area contributed by atoms with Gasteiger partial charge in [0.25, 0.3) is 0 Å². The normalized spacial score (nSPS) is 22.1. The highest BCUT2D eigenvalue weighted by molar-refractivity contribution is 5.78. The van der Waals surface area contributed by atoms with Crippen molar-refractivity contribution in [3.63, 3.8) is 0 Å². The summed E-state index contributed by atoms with van der Waals surface area (Å²) in [5, 5.41) is 8.51. The van der Waals surface area contributed by atoms with Crippen LogP contribution in [0.4, 0.5) is 0 Å². The van der Waals surface area contributed by atoms with Crippen molar-refractivity contribution < 1.29 is 4.79 Å². The molecule has 0 aromatic carbocycles. The van der Waals surface area contributed by atoms with Crippen molar-refractivity contribution in [3.05, 3.63) is 0 Å². The van der Waals surface area contributed by atoms with Gasteiger partial charge in [0, 0.05) is 33.6 Å². The predicted octanol–water partition coefficient (Wildman–Crippen LogP) is 0.700. The molecule has 1 aliphatic heterocycles. The second-order valence-electron chi connectivity index (χ2n) is 4.28. The molecule has 4 heteroatoms. The molecule has 84 valence electrons. The van der Waals surface area contributed by atoms with Crippen molar-refractivity contribution in [2.75, 3.05) is 33.7 Å². The summed E-state index contributed by atoms with van der Waals surface area (Å²) < 4.78 is 0. The third-order valence-electron chi connectivity index (χ3n) is 2.84. The van der Waals surface area contributed by atoms with Crippen LogP contribution in [-0.4, -0.2) is 49.4 Å². The lowest BCUT2D eigenvalue weighted by Gasteiger charge is -2.32. The second kappa shape index (κ2) is 5.72. The second-order valence-corrected chi connectivity index (χ2v) is 4.28. The van der Waals surface area contributed by atoms with E-state index in [0.717, 1.165) is 32.5 Å². The van der Waals surface area contributed by atoms with Gasteiger partial charge < -0.3 is 9.80 Å². The highest BCUT2D eigenvalue weighted by Gasteiger charge is 2.26. The molecular weight excluding hydrogens is 190 g/mol. The molecule has 1 amide bonds. The first-order valence-electron chi connectivity index (χ1n) is 5.45. The van der Waals surface area contributed by atoms with Crippen LogP contribution in [0.15, 0.2) is 0 Å². The molecule has 1 unspecified atom stereocenters. The number of hydrogen-bond donors (Lipinski definition) is 0. The molecule has 0 aromatic heterocycles. The van der Waals surface area contributed by atoms with Gasteiger partial charge in [-0.1, -0.05) is 0 Å². The highest BCUT2D eigenvalue weighted by atomic mass is 16.2. The number of nitriles is 1. The van der Waals surface area contributed by atoms with E-state index in [0.29, 0.717) is 6.42 Å². The zero-order valence-corrected chi connectivity index (χ0v) is 9.57. The summed E-state index contributed by atoms with van der Waals surface area (Å²) in [5.41, 5.74) is 0. The Morgan fingerprint density at radius 2 is 2.33 bits per heavy atom. The van der Waals surface area contributed by atoms with Gasteiger partial charge in [0.15, 0.2) is 0 Å². The fourth-order valence-corrected chi connectivity index (χ4v) is 2.03. The summed E-state index contributed by atoms with van der Waals surface area (Å²) in [4.78, 5) is 15.6. The quantitative estimate of drug-likeness (QED) is 0.687. The van der Waals surface area contributed by atoms with Crippen molar-refractivity contribution in [2.24, 2.45) is 5.92 Å². The van der Waals surface area contributed by atoms with Crippen molar-refractivity contribution in [3.8, 4) is 6.07 Å². The monoisotopic (exact) mass is 209 g/mol. The zero-order chi connectivity index (χ0) is 11.3. The van der Waals surface area contributed by atoms with Gasteiger partial charge in [0.1, 0.15) is 0 Å². The number of hydrogen-bond acceptors (Lipinski definition) is 3. The van der Waals surface area contributed by atoms with Crippen LogP contribution in [0.3, 0.4) is 0 Å². The first-order valence-corrected chi connectivity index (χ1v) is 5.45. The van der Waals surface area contributed by atoms with E-state index in [-0.39, 0.29) is 11.8 Å². The molecule has 1 aliphatic rings. The minimum atomic E-state index is 0.132. The predicted molar refractivity (Wildman–Crippen MR) is 58.1 cm³/mol. The molecule has 1 fully saturated rings. The third-order valence-corrected chi connectivity index (χ3v) is 2.84. The maximum absolute atomic E-state index is 11.8. The molecule has 0 aromatic rings. The first kappa shape index (κ1) is 12.0. The molecule has 0 bridgehead atoms. The smallest absolute Gasteiger partial charge is 0.226 e. The van der Waals surface area contributed by atoms with E-state index >= 15 is 0 Å². The molecule has 1 atom stereocenters. The van der Waals surface area contributed by atoms with Gasteiger partial charge in [-0.25, -0.2) is 0 Å². The van der Waals surface area contributed by atoms with Crippen LogP contribution in [0.1, 0.15) is 19.3 Å². The van der Waals surface area contributed by atoms with Gasteiger partial charge in [0.2, 0.25) is 5.91 Å². The van der Waals surface area contributed by atoms with Crippen LogP contribution in [0.2, 0.25) is 0 Å². The SMILES string of the molecule is CN(C)C(=O)C1CCCN(CCC#N)C1. The average Bonchev–Trinajstić information content (AvgIpc) is 2.25. The Balaban J connectivity index is 2.42. The van der Waals surface area contributed by atoms with Crippen LogP contribution < -0.4 is 0 Å². The Morgan fingerprint density at radius 3 is 2.93 bits per heavy atom. The fourth-order valence-electron chi connectivity index (χ4n) is 2.03. The Bertz CT molecular complexity index is 257. The molecule has 0 saturated carbocycles. The third kappa shape index (κ3) is 3.52. The number of piperidine rings is 1. The topological polar surface area (TPSA) is 47.3 Å². The van der Waals surface area contributed by atoms with Gasteiger partial charge >= 0.3 is 0 Å².